The Balaban J connectivity index is 2.42. The van der Waals surface area contributed by atoms with E-state index in [0.717, 1.165) is 0 Å². The van der Waals surface area contributed by atoms with Gasteiger partial charge in [-0.15, -0.1) is 0 Å². The van der Waals surface area contributed by atoms with Crippen LogP contribution in [0.1, 0.15) is 23.7 Å². The Hall–Kier alpha value is -3.34. The molecule has 0 spiro atoms. The topological polar surface area (TPSA) is 39.2 Å². The number of esters is 1. The minimum absolute atomic E-state index is 0.0246. The molecule has 0 saturated heterocycles. The van der Waals surface area contributed by atoms with Gasteiger partial charge in [-0.1, -0.05) is 49.0 Å². The SMILES string of the molecule is C=C(C)C(=O)OC(c1ccccn1)(c1ccccc1F)c1ccccc1F. The van der Waals surface area contributed by atoms with Gasteiger partial charge in [-0.25, -0.2) is 13.6 Å². The Morgan fingerprint density at radius 3 is 1.89 bits per heavy atom. The molecule has 3 nitrogen and oxygen atoms in total. The summed E-state index contributed by atoms with van der Waals surface area (Å²) in [5.74, 6) is -2.09. The van der Waals surface area contributed by atoms with Crippen molar-refractivity contribution in [1.29, 1.82) is 0 Å². The molecule has 0 radical (unpaired) electrons. The van der Waals surface area contributed by atoms with Crippen molar-refractivity contribution in [1.82, 2.24) is 4.98 Å². The second-order valence-electron chi connectivity index (χ2n) is 6.03. The van der Waals surface area contributed by atoms with E-state index in [-0.39, 0.29) is 22.4 Å². The van der Waals surface area contributed by atoms with E-state index >= 15 is 0 Å². The number of hydrogen-bond acceptors (Lipinski definition) is 3. The highest BCUT2D eigenvalue weighted by molar-refractivity contribution is 5.88. The summed E-state index contributed by atoms with van der Waals surface area (Å²) in [7, 11) is 0. The third-order valence-corrected chi connectivity index (χ3v) is 4.13. The quantitative estimate of drug-likeness (QED) is 0.483. The van der Waals surface area contributed by atoms with Gasteiger partial charge in [-0.3, -0.25) is 4.98 Å². The highest BCUT2D eigenvalue weighted by Crippen LogP contribution is 2.42. The Kier molecular flexibility index (Phi) is 5.12. The zero-order valence-electron chi connectivity index (χ0n) is 14.7. The highest BCUT2D eigenvalue weighted by Gasteiger charge is 2.45. The third kappa shape index (κ3) is 3.36. The maximum atomic E-state index is 14.9. The predicted octanol–water partition coefficient (Wildman–Crippen LogP) is 4.77. The van der Waals surface area contributed by atoms with Crippen molar-refractivity contribution >= 4 is 5.97 Å². The van der Waals surface area contributed by atoms with Crippen molar-refractivity contribution < 1.29 is 18.3 Å². The summed E-state index contributed by atoms with van der Waals surface area (Å²) in [6.07, 6.45) is 1.47. The van der Waals surface area contributed by atoms with Crippen molar-refractivity contribution in [3.8, 4) is 0 Å². The first-order chi connectivity index (χ1) is 13.0. The second kappa shape index (κ2) is 7.50. The summed E-state index contributed by atoms with van der Waals surface area (Å²) < 4.78 is 35.5. The number of ether oxygens (including phenoxy) is 1. The monoisotopic (exact) mass is 365 g/mol. The average Bonchev–Trinajstić information content (AvgIpc) is 2.68. The largest absolute Gasteiger partial charge is 0.439 e. The molecule has 0 fully saturated rings. The predicted molar refractivity (Wildman–Crippen MR) is 97.8 cm³/mol. The number of carbonyl (C=O) groups excluding carboxylic acids is 1. The van der Waals surface area contributed by atoms with Gasteiger partial charge in [0.05, 0.1) is 5.69 Å². The first-order valence-corrected chi connectivity index (χ1v) is 8.27. The molecule has 0 aliphatic heterocycles. The lowest BCUT2D eigenvalue weighted by Gasteiger charge is -2.34. The van der Waals surface area contributed by atoms with E-state index in [0.29, 0.717) is 0 Å². The second-order valence-corrected chi connectivity index (χ2v) is 6.03. The van der Waals surface area contributed by atoms with Gasteiger partial charge in [0.15, 0.2) is 0 Å². The van der Waals surface area contributed by atoms with E-state index in [1.54, 1.807) is 30.3 Å². The molecular weight excluding hydrogens is 348 g/mol. The maximum absolute atomic E-state index is 14.9. The van der Waals surface area contributed by atoms with Gasteiger partial charge in [-0.2, -0.15) is 0 Å². The van der Waals surface area contributed by atoms with Crippen LogP contribution in [0.25, 0.3) is 0 Å². The van der Waals surface area contributed by atoms with Crippen LogP contribution in [-0.4, -0.2) is 11.0 Å². The van der Waals surface area contributed by atoms with Gasteiger partial charge < -0.3 is 4.74 Å². The van der Waals surface area contributed by atoms with Crippen LogP contribution < -0.4 is 0 Å². The molecule has 3 aromatic rings. The Morgan fingerprint density at radius 2 is 1.44 bits per heavy atom. The molecule has 0 amide bonds. The van der Waals surface area contributed by atoms with Gasteiger partial charge in [0.25, 0.3) is 0 Å². The van der Waals surface area contributed by atoms with Crippen molar-refractivity contribution in [3.63, 3.8) is 0 Å². The van der Waals surface area contributed by atoms with E-state index in [9.17, 15) is 13.6 Å². The molecule has 0 N–H and O–H groups in total. The van der Waals surface area contributed by atoms with Crippen molar-refractivity contribution in [2.45, 2.75) is 12.5 Å². The molecule has 3 rings (SSSR count). The summed E-state index contributed by atoms with van der Waals surface area (Å²) >= 11 is 0. The molecule has 2 aromatic carbocycles. The zero-order chi connectivity index (χ0) is 19.4. The molecule has 0 saturated carbocycles. The van der Waals surface area contributed by atoms with Gasteiger partial charge in [0, 0.05) is 22.9 Å². The van der Waals surface area contributed by atoms with Crippen LogP contribution in [0.2, 0.25) is 0 Å². The van der Waals surface area contributed by atoms with Crippen LogP contribution in [-0.2, 0) is 15.1 Å². The van der Waals surface area contributed by atoms with Gasteiger partial charge >= 0.3 is 5.97 Å². The minimum atomic E-state index is -1.91. The summed E-state index contributed by atoms with van der Waals surface area (Å²) in [5, 5.41) is 0. The van der Waals surface area contributed by atoms with Crippen LogP contribution >= 0.6 is 0 Å². The first kappa shape index (κ1) is 18.5. The standard InChI is InChI=1S/C22H17F2NO2/c1-15(2)21(26)27-22(20-13-7-8-14-25-20,16-9-3-5-11-18(16)23)17-10-4-6-12-19(17)24/h3-14H,1H2,2H3. The number of benzene rings is 2. The molecule has 0 atom stereocenters. The molecule has 5 heteroatoms. The smallest absolute Gasteiger partial charge is 0.334 e. The normalized spacial score (nSPS) is 11.1. The lowest BCUT2D eigenvalue weighted by atomic mass is 9.82. The van der Waals surface area contributed by atoms with E-state index in [1.165, 1.54) is 49.5 Å². The highest BCUT2D eigenvalue weighted by atomic mass is 19.1. The number of hydrogen-bond donors (Lipinski definition) is 0. The van der Waals surface area contributed by atoms with Crippen LogP contribution in [0.5, 0.6) is 0 Å². The first-order valence-electron chi connectivity index (χ1n) is 8.27. The summed E-state index contributed by atoms with van der Waals surface area (Å²) in [4.78, 5) is 16.8. The Labute approximate surface area is 156 Å². The molecule has 0 aliphatic carbocycles. The number of rotatable bonds is 5. The molecular formula is C22H17F2NO2. The minimum Gasteiger partial charge on any atom is -0.439 e. The van der Waals surface area contributed by atoms with Gasteiger partial charge in [0.2, 0.25) is 5.60 Å². The van der Waals surface area contributed by atoms with Crippen LogP contribution in [0, 0.1) is 11.6 Å². The molecule has 1 heterocycles. The molecule has 136 valence electrons. The molecule has 0 bridgehead atoms. The number of carbonyl (C=O) groups is 1. The third-order valence-electron chi connectivity index (χ3n) is 4.13. The number of pyridine rings is 1. The zero-order valence-corrected chi connectivity index (χ0v) is 14.7. The summed E-state index contributed by atoms with van der Waals surface area (Å²) in [6.45, 7) is 5.05. The maximum Gasteiger partial charge on any atom is 0.334 e. The van der Waals surface area contributed by atoms with Gasteiger partial charge in [0.1, 0.15) is 11.6 Å². The van der Waals surface area contributed by atoms with E-state index in [4.69, 9.17) is 4.74 Å². The van der Waals surface area contributed by atoms with Crippen molar-refractivity contribution in [2.75, 3.05) is 0 Å². The van der Waals surface area contributed by atoms with Crippen LogP contribution in [0.3, 0.4) is 0 Å². The number of aromatic nitrogens is 1. The number of halogens is 2. The molecule has 1 aromatic heterocycles. The Morgan fingerprint density at radius 1 is 0.926 bits per heavy atom. The summed E-state index contributed by atoms with van der Waals surface area (Å²) in [6, 6.07) is 16.4. The average molecular weight is 365 g/mol. The van der Waals surface area contributed by atoms with E-state index in [1.807, 2.05) is 0 Å². The fraction of sp³-hybridized carbons (Fsp3) is 0.0909. The Bertz CT molecular complexity index is 941. The van der Waals surface area contributed by atoms with E-state index in [2.05, 4.69) is 11.6 Å². The van der Waals surface area contributed by atoms with Crippen molar-refractivity contribution in [3.05, 3.63) is 114 Å². The van der Waals surface area contributed by atoms with Crippen LogP contribution in [0.4, 0.5) is 8.78 Å². The van der Waals surface area contributed by atoms with E-state index < -0.39 is 23.2 Å². The van der Waals surface area contributed by atoms with Crippen molar-refractivity contribution in [2.24, 2.45) is 0 Å². The molecule has 0 aliphatic rings. The lowest BCUT2D eigenvalue weighted by molar-refractivity contribution is -0.149. The molecule has 27 heavy (non-hydrogen) atoms. The number of nitrogens with zero attached hydrogens (tertiary/aromatic N) is 1. The van der Waals surface area contributed by atoms with Gasteiger partial charge in [-0.05, 0) is 31.2 Å². The fourth-order valence-corrected chi connectivity index (χ4v) is 2.87. The molecule has 0 unspecified atom stereocenters. The summed E-state index contributed by atoms with van der Waals surface area (Å²) in [5.41, 5.74) is -1.68. The fourth-order valence-electron chi connectivity index (χ4n) is 2.87. The van der Waals surface area contributed by atoms with Crippen LogP contribution in [0.15, 0.2) is 85.1 Å². The lowest BCUT2D eigenvalue weighted by Crippen LogP contribution is -2.38.